The molecule has 0 unspecified atom stereocenters. The first-order valence-electron chi connectivity index (χ1n) is 6.41. The highest BCUT2D eigenvalue weighted by Crippen LogP contribution is 2.36. The Hall–Kier alpha value is -1.62. The lowest BCUT2D eigenvalue weighted by Gasteiger charge is -2.08. The molecule has 1 heterocycles. The van der Waals surface area contributed by atoms with E-state index in [4.69, 9.17) is 23.2 Å². The second-order valence-electron chi connectivity index (χ2n) is 4.75. The first-order chi connectivity index (χ1) is 10.5. The van der Waals surface area contributed by atoms with E-state index < -0.39 is 0 Å². The zero-order chi connectivity index (χ0) is 15.9. The van der Waals surface area contributed by atoms with Crippen LogP contribution in [0, 0.1) is 12.7 Å². The third-order valence-electron chi connectivity index (χ3n) is 3.31. The number of carbonyl (C=O) groups is 1. The summed E-state index contributed by atoms with van der Waals surface area (Å²) < 4.78 is 13.9. The van der Waals surface area contributed by atoms with E-state index in [2.05, 4.69) is 5.32 Å². The van der Waals surface area contributed by atoms with Crippen LogP contribution in [0.5, 0.6) is 0 Å². The highest BCUT2D eigenvalue weighted by Gasteiger charge is 2.18. The Morgan fingerprint density at radius 1 is 1.23 bits per heavy atom. The first-order valence-corrected chi connectivity index (χ1v) is 7.98. The van der Waals surface area contributed by atoms with E-state index in [0.717, 1.165) is 16.9 Å². The molecule has 3 aromatic rings. The van der Waals surface area contributed by atoms with Gasteiger partial charge < -0.3 is 5.32 Å². The fourth-order valence-electron chi connectivity index (χ4n) is 2.11. The van der Waals surface area contributed by atoms with Crippen LogP contribution < -0.4 is 5.32 Å². The maximum atomic E-state index is 13.3. The van der Waals surface area contributed by atoms with E-state index in [9.17, 15) is 9.18 Å². The lowest BCUT2D eigenvalue weighted by Crippen LogP contribution is -2.11. The second kappa shape index (κ2) is 5.88. The van der Waals surface area contributed by atoms with Crippen LogP contribution in [0.2, 0.25) is 10.0 Å². The molecule has 0 aliphatic rings. The van der Waals surface area contributed by atoms with Gasteiger partial charge in [-0.3, -0.25) is 4.79 Å². The van der Waals surface area contributed by atoms with Crippen LogP contribution in [-0.2, 0) is 0 Å². The molecule has 1 amide bonds. The van der Waals surface area contributed by atoms with Gasteiger partial charge in [-0.25, -0.2) is 4.39 Å². The summed E-state index contributed by atoms with van der Waals surface area (Å²) >= 11 is 13.4. The van der Waals surface area contributed by atoms with Crippen molar-refractivity contribution in [2.75, 3.05) is 5.32 Å². The smallest absolute Gasteiger partial charge is 0.267 e. The SMILES string of the molecule is Cc1c(Cl)cccc1NC(=O)c1sc2cc(F)ccc2c1Cl. The van der Waals surface area contributed by atoms with Crippen molar-refractivity contribution in [2.24, 2.45) is 0 Å². The quantitative estimate of drug-likeness (QED) is 0.609. The molecule has 1 N–H and O–H groups in total. The maximum absolute atomic E-state index is 13.3. The number of amides is 1. The Labute approximate surface area is 140 Å². The van der Waals surface area contributed by atoms with Gasteiger partial charge in [0.05, 0.1) is 5.02 Å². The summed E-state index contributed by atoms with van der Waals surface area (Å²) in [5.74, 6) is -0.694. The van der Waals surface area contributed by atoms with Crippen molar-refractivity contribution in [1.29, 1.82) is 0 Å². The van der Waals surface area contributed by atoms with E-state index in [1.54, 1.807) is 24.3 Å². The van der Waals surface area contributed by atoms with Gasteiger partial charge in [-0.2, -0.15) is 0 Å². The van der Waals surface area contributed by atoms with E-state index >= 15 is 0 Å². The molecule has 0 saturated heterocycles. The van der Waals surface area contributed by atoms with Gasteiger partial charge in [0.25, 0.3) is 5.91 Å². The molecule has 0 fully saturated rings. The third-order valence-corrected chi connectivity index (χ3v) is 5.38. The van der Waals surface area contributed by atoms with Gasteiger partial charge >= 0.3 is 0 Å². The van der Waals surface area contributed by atoms with Gasteiger partial charge in [-0.05, 0) is 42.8 Å². The Balaban J connectivity index is 1.99. The molecule has 22 heavy (non-hydrogen) atoms. The highest BCUT2D eigenvalue weighted by molar-refractivity contribution is 7.21. The predicted octanol–water partition coefficient (Wildman–Crippen LogP) is 5.91. The minimum absolute atomic E-state index is 0.331. The van der Waals surface area contributed by atoms with E-state index in [1.807, 2.05) is 6.92 Å². The minimum Gasteiger partial charge on any atom is -0.321 e. The van der Waals surface area contributed by atoms with Crippen LogP contribution in [0.25, 0.3) is 10.1 Å². The summed E-state index contributed by atoms with van der Waals surface area (Å²) in [6.07, 6.45) is 0. The fourth-order valence-corrected chi connectivity index (χ4v) is 3.72. The number of nitrogens with one attached hydrogen (secondary N) is 1. The van der Waals surface area contributed by atoms with Crippen molar-refractivity contribution in [3.63, 3.8) is 0 Å². The Morgan fingerprint density at radius 3 is 2.77 bits per heavy atom. The zero-order valence-electron chi connectivity index (χ0n) is 11.4. The first kappa shape index (κ1) is 15.3. The monoisotopic (exact) mass is 353 g/mol. The number of anilines is 1. The molecular weight excluding hydrogens is 344 g/mol. The minimum atomic E-state index is -0.358. The molecule has 0 aliphatic heterocycles. The molecule has 1 aromatic heterocycles. The van der Waals surface area contributed by atoms with E-state index in [0.29, 0.717) is 30.7 Å². The number of rotatable bonds is 2. The third kappa shape index (κ3) is 2.70. The van der Waals surface area contributed by atoms with Gasteiger partial charge in [-0.1, -0.05) is 29.3 Å². The molecule has 0 spiro atoms. The largest absolute Gasteiger partial charge is 0.321 e. The van der Waals surface area contributed by atoms with Crippen molar-refractivity contribution >= 4 is 56.2 Å². The van der Waals surface area contributed by atoms with Crippen LogP contribution >= 0.6 is 34.5 Å². The second-order valence-corrected chi connectivity index (χ2v) is 6.59. The molecule has 0 radical (unpaired) electrons. The molecule has 112 valence electrons. The molecule has 0 aliphatic carbocycles. The van der Waals surface area contributed by atoms with Crippen molar-refractivity contribution in [3.05, 3.63) is 62.7 Å². The van der Waals surface area contributed by atoms with Crippen LogP contribution in [0.3, 0.4) is 0 Å². The molecule has 2 aromatic carbocycles. The predicted molar refractivity (Wildman–Crippen MR) is 90.9 cm³/mol. The number of carbonyl (C=O) groups excluding carboxylic acids is 1. The number of benzene rings is 2. The van der Waals surface area contributed by atoms with Gasteiger partial charge in [0.2, 0.25) is 0 Å². The number of fused-ring (bicyclic) bond motifs is 1. The molecule has 0 atom stereocenters. The standard InChI is InChI=1S/C16H10Cl2FNOS/c1-8-11(17)3-2-4-12(8)20-16(21)15-14(18)10-6-5-9(19)7-13(10)22-15/h2-7H,1H3,(H,20,21). The highest BCUT2D eigenvalue weighted by atomic mass is 35.5. The lowest BCUT2D eigenvalue weighted by atomic mass is 10.2. The van der Waals surface area contributed by atoms with Crippen molar-refractivity contribution in [2.45, 2.75) is 6.92 Å². The Morgan fingerprint density at radius 2 is 2.00 bits per heavy atom. The average Bonchev–Trinajstić information content (AvgIpc) is 2.80. The van der Waals surface area contributed by atoms with Gasteiger partial charge in [-0.15, -0.1) is 11.3 Å². The van der Waals surface area contributed by atoms with Crippen LogP contribution in [0.15, 0.2) is 36.4 Å². The molecule has 6 heteroatoms. The maximum Gasteiger partial charge on any atom is 0.267 e. The van der Waals surface area contributed by atoms with E-state index in [-0.39, 0.29) is 11.7 Å². The summed E-state index contributed by atoms with van der Waals surface area (Å²) in [6.45, 7) is 1.82. The van der Waals surface area contributed by atoms with Gasteiger partial charge in [0, 0.05) is 20.8 Å². The van der Waals surface area contributed by atoms with Crippen LogP contribution in [0.4, 0.5) is 10.1 Å². The summed E-state index contributed by atoms with van der Waals surface area (Å²) in [5.41, 5.74) is 1.40. The van der Waals surface area contributed by atoms with Crippen molar-refractivity contribution in [1.82, 2.24) is 0 Å². The fraction of sp³-hybridized carbons (Fsp3) is 0.0625. The summed E-state index contributed by atoms with van der Waals surface area (Å²) in [5, 5.41) is 4.36. The normalized spacial score (nSPS) is 10.9. The van der Waals surface area contributed by atoms with Crippen molar-refractivity contribution in [3.8, 4) is 0 Å². The molecular formula is C16H10Cl2FNOS. The van der Waals surface area contributed by atoms with Gasteiger partial charge in [0.15, 0.2) is 0 Å². The average molecular weight is 354 g/mol. The molecule has 0 bridgehead atoms. The van der Waals surface area contributed by atoms with Crippen LogP contribution in [0.1, 0.15) is 15.2 Å². The van der Waals surface area contributed by atoms with E-state index in [1.165, 1.54) is 12.1 Å². The van der Waals surface area contributed by atoms with Crippen molar-refractivity contribution < 1.29 is 9.18 Å². The number of halogens is 3. The molecule has 2 nitrogen and oxygen atoms in total. The zero-order valence-corrected chi connectivity index (χ0v) is 13.7. The summed E-state index contributed by atoms with van der Waals surface area (Å²) in [4.78, 5) is 12.8. The lowest BCUT2D eigenvalue weighted by molar-refractivity contribution is 0.103. The molecule has 3 rings (SSSR count). The summed E-state index contributed by atoms with van der Waals surface area (Å²) in [6, 6.07) is 9.54. The number of hydrogen-bond acceptors (Lipinski definition) is 2. The van der Waals surface area contributed by atoms with Crippen LogP contribution in [-0.4, -0.2) is 5.91 Å². The Bertz CT molecular complexity index is 891. The number of thiophene rings is 1. The number of hydrogen-bond donors (Lipinski definition) is 1. The topological polar surface area (TPSA) is 29.1 Å². The Kier molecular flexibility index (Phi) is 4.08. The van der Waals surface area contributed by atoms with Gasteiger partial charge in [0.1, 0.15) is 10.7 Å². The summed E-state index contributed by atoms with van der Waals surface area (Å²) in [7, 11) is 0. The molecule has 0 saturated carbocycles.